The number of ether oxygens (including phenoxy) is 1. The third kappa shape index (κ3) is 5.25. The average Bonchev–Trinajstić information content (AvgIpc) is 2.68. The van der Waals surface area contributed by atoms with Gasteiger partial charge in [0.2, 0.25) is 0 Å². The molecule has 140 valence electrons. The zero-order valence-corrected chi connectivity index (χ0v) is 14.4. The van der Waals surface area contributed by atoms with Gasteiger partial charge in [0.25, 0.3) is 5.91 Å². The van der Waals surface area contributed by atoms with Crippen molar-refractivity contribution in [3.05, 3.63) is 71.2 Å². The Morgan fingerprint density at radius 2 is 1.85 bits per heavy atom. The molecule has 2 N–H and O–H groups in total. The molecule has 0 heterocycles. The fourth-order valence-electron chi connectivity index (χ4n) is 2.14. The van der Waals surface area contributed by atoms with Gasteiger partial charge < -0.3 is 15.4 Å². The summed E-state index contributed by atoms with van der Waals surface area (Å²) in [7, 11) is 1.56. The lowest BCUT2D eigenvalue weighted by Crippen LogP contribution is -2.27. The Labute approximate surface area is 154 Å². The smallest absolute Gasteiger partial charge is 0.263 e. The second-order valence-corrected chi connectivity index (χ2v) is 5.39. The quantitative estimate of drug-likeness (QED) is 0.442. The van der Waals surface area contributed by atoms with E-state index in [-0.39, 0.29) is 12.1 Å². The van der Waals surface area contributed by atoms with Gasteiger partial charge in [0.05, 0.1) is 12.8 Å². The van der Waals surface area contributed by atoms with Crippen LogP contribution in [0, 0.1) is 28.8 Å². The third-order valence-electron chi connectivity index (χ3n) is 3.63. The molecule has 2 aromatic rings. The summed E-state index contributed by atoms with van der Waals surface area (Å²) < 4.78 is 44.7. The number of amides is 1. The van der Waals surface area contributed by atoms with E-state index in [1.165, 1.54) is 0 Å². The number of carbonyl (C=O) groups is 1. The van der Waals surface area contributed by atoms with Gasteiger partial charge in [-0.05, 0) is 36.2 Å². The first kappa shape index (κ1) is 19.8. The molecule has 0 unspecified atom stereocenters. The number of nitrogens with one attached hydrogen (secondary N) is 2. The summed E-state index contributed by atoms with van der Waals surface area (Å²) in [5, 5.41) is 13.9. The minimum Gasteiger partial charge on any atom is -0.497 e. The monoisotopic (exact) mass is 375 g/mol. The van der Waals surface area contributed by atoms with Crippen molar-refractivity contribution in [3.8, 4) is 11.8 Å². The molecule has 0 radical (unpaired) electrons. The summed E-state index contributed by atoms with van der Waals surface area (Å²) in [4.78, 5) is 12.0. The molecule has 5 nitrogen and oxygen atoms in total. The Kier molecular flexibility index (Phi) is 6.83. The first-order chi connectivity index (χ1) is 13.0. The van der Waals surface area contributed by atoms with Crippen molar-refractivity contribution in [2.24, 2.45) is 0 Å². The van der Waals surface area contributed by atoms with Crippen LogP contribution in [0.3, 0.4) is 0 Å². The van der Waals surface area contributed by atoms with E-state index in [0.29, 0.717) is 12.2 Å². The number of anilines is 1. The Balaban J connectivity index is 1.94. The highest BCUT2D eigenvalue weighted by atomic mass is 19.2. The molecule has 27 heavy (non-hydrogen) atoms. The minimum absolute atomic E-state index is 0.268. The molecule has 0 spiro atoms. The molecule has 0 aromatic heterocycles. The van der Waals surface area contributed by atoms with Gasteiger partial charge in [-0.2, -0.15) is 5.26 Å². The zero-order chi connectivity index (χ0) is 19.8. The molecule has 0 bridgehead atoms. The van der Waals surface area contributed by atoms with Crippen LogP contribution in [0.15, 0.2) is 48.2 Å². The van der Waals surface area contributed by atoms with Gasteiger partial charge >= 0.3 is 0 Å². The summed E-state index contributed by atoms with van der Waals surface area (Å²) in [6, 6.07) is 10.6. The first-order valence-electron chi connectivity index (χ1n) is 7.87. The van der Waals surface area contributed by atoms with E-state index in [4.69, 9.17) is 10.00 Å². The number of carbonyl (C=O) groups excluding carboxylic acids is 1. The number of hydrogen-bond acceptors (Lipinski definition) is 4. The normalized spacial score (nSPS) is 10.9. The maximum atomic E-state index is 13.6. The van der Waals surface area contributed by atoms with Crippen LogP contribution in [0.2, 0.25) is 0 Å². The van der Waals surface area contributed by atoms with Crippen LogP contribution < -0.4 is 15.4 Å². The second kappa shape index (κ2) is 9.29. The van der Waals surface area contributed by atoms with Gasteiger partial charge in [-0.1, -0.05) is 12.1 Å². The van der Waals surface area contributed by atoms with E-state index in [1.807, 2.05) is 12.1 Å². The van der Waals surface area contributed by atoms with E-state index < -0.39 is 29.0 Å². The zero-order valence-electron chi connectivity index (χ0n) is 14.4. The average molecular weight is 375 g/mol. The minimum atomic E-state index is -1.64. The predicted octanol–water partition coefficient (Wildman–Crippen LogP) is 3.29. The van der Waals surface area contributed by atoms with Crippen LogP contribution >= 0.6 is 0 Å². The number of nitrogens with zero attached hydrogens (tertiary/aromatic N) is 1. The van der Waals surface area contributed by atoms with Crippen molar-refractivity contribution < 1.29 is 22.7 Å². The summed E-state index contributed by atoms with van der Waals surface area (Å²) in [5.74, 6) is -4.38. The van der Waals surface area contributed by atoms with E-state index >= 15 is 0 Å². The van der Waals surface area contributed by atoms with Gasteiger partial charge in [0.1, 0.15) is 17.4 Å². The molecule has 0 aliphatic rings. The molecule has 0 saturated carbocycles. The van der Waals surface area contributed by atoms with Crippen LogP contribution in [0.5, 0.6) is 5.75 Å². The molecule has 0 fully saturated rings. The van der Waals surface area contributed by atoms with Crippen molar-refractivity contribution in [2.75, 3.05) is 19.0 Å². The molecular weight excluding hydrogens is 359 g/mol. The number of methoxy groups -OCH3 is 1. The van der Waals surface area contributed by atoms with Crippen LogP contribution in [0.4, 0.5) is 18.9 Å². The van der Waals surface area contributed by atoms with E-state index in [1.54, 1.807) is 25.3 Å². The third-order valence-corrected chi connectivity index (χ3v) is 3.63. The van der Waals surface area contributed by atoms with Gasteiger partial charge in [0, 0.05) is 12.7 Å². The molecular formula is C19H16F3N3O2. The number of hydrogen-bond donors (Lipinski definition) is 2. The van der Waals surface area contributed by atoms with Crippen LogP contribution in [-0.2, 0) is 11.2 Å². The summed E-state index contributed by atoms with van der Waals surface area (Å²) in [5.41, 5.74) is 0.224. The summed E-state index contributed by atoms with van der Waals surface area (Å²) in [6.07, 6.45) is 1.46. The standard InChI is InChI=1S/C19H16F3N3O2/c1-27-14-4-2-12(3-5-14)8-9-24-19(26)13(10-23)11-25-16-7-6-15(20)17(21)18(16)22/h2-7,11,25H,8-9H2,1H3,(H,24,26)/b13-11-. The Hall–Kier alpha value is -3.47. The fourth-order valence-corrected chi connectivity index (χ4v) is 2.14. The lowest BCUT2D eigenvalue weighted by molar-refractivity contribution is -0.117. The van der Waals surface area contributed by atoms with Crippen LogP contribution in [0.25, 0.3) is 0 Å². The molecule has 1 amide bonds. The molecule has 0 atom stereocenters. The van der Waals surface area contributed by atoms with E-state index in [0.717, 1.165) is 23.9 Å². The lowest BCUT2D eigenvalue weighted by atomic mass is 10.1. The van der Waals surface area contributed by atoms with Crippen molar-refractivity contribution in [1.29, 1.82) is 5.26 Å². The predicted molar refractivity (Wildman–Crippen MR) is 93.3 cm³/mol. The maximum absolute atomic E-state index is 13.6. The van der Waals surface area contributed by atoms with E-state index in [9.17, 15) is 18.0 Å². The Morgan fingerprint density at radius 3 is 2.48 bits per heavy atom. The van der Waals surface area contributed by atoms with Crippen molar-refractivity contribution in [3.63, 3.8) is 0 Å². The molecule has 0 saturated heterocycles. The van der Waals surface area contributed by atoms with Crippen molar-refractivity contribution >= 4 is 11.6 Å². The number of nitriles is 1. The lowest BCUT2D eigenvalue weighted by Gasteiger charge is -2.07. The molecule has 2 aromatic carbocycles. The van der Waals surface area contributed by atoms with Gasteiger partial charge in [0.15, 0.2) is 17.5 Å². The van der Waals surface area contributed by atoms with Gasteiger partial charge in [-0.3, -0.25) is 4.79 Å². The van der Waals surface area contributed by atoms with E-state index in [2.05, 4.69) is 10.6 Å². The molecule has 0 aliphatic heterocycles. The molecule has 8 heteroatoms. The highest BCUT2D eigenvalue weighted by Gasteiger charge is 2.14. The summed E-state index contributed by atoms with van der Waals surface area (Å²) in [6.45, 7) is 0.268. The number of halogens is 3. The summed E-state index contributed by atoms with van der Waals surface area (Å²) >= 11 is 0. The largest absolute Gasteiger partial charge is 0.497 e. The second-order valence-electron chi connectivity index (χ2n) is 5.39. The van der Waals surface area contributed by atoms with Gasteiger partial charge in [-0.15, -0.1) is 0 Å². The first-order valence-corrected chi connectivity index (χ1v) is 7.87. The Bertz CT molecular complexity index is 890. The van der Waals surface area contributed by atoms with Crippen LogP contribution in [-0.4, -0.2) is 19.6 Å². The fraction of sp³-hybridized carbons (Fsp3) is 0.158. The van der Waals surface area contributed by atoms with Crippen molar-refractivity contribution in [1.82, 2.24) is 5.32 Å². The highest BCUT2D eigenvalue weighted by Crippen LogP contribution is 2.19. The topological polar surface area (TPSA) is 74.1 Å². The number of benzene rings is 2. The van der Waals surface area contributed by atoms with Crippen molar-refractivity contribution in [2.45, 2.75) is 6.42 Å². The number of rotatable bonds is 7. The van der Waals surface area contributed by atoms with Crippen LogP contribution in [0.1, 0.15) is 5.56 Å². The maximum Gasteiger partial charge on any atom is 0.263 e. The Morgan fingerprint density at radius 1 is 1.15 bits per heavy atom. The van der Waals surface area contributed by atoms with Gasteiger partial charge in [-0.25, -0.2) is 13.2 Å². The molecule has 2 rings (SSSR count). The molecule has 0 aliphatic carbocycles. The SMILES string of the molecule is COc1ccc(CCNC(=O)/C(C#N)=C\Nc2ccc(F)c(F)c2F)cc1. The highest BCUT2D eigenvalue weighted by molar-refractivity contribution is 5.97.